The fourth-order valence-electron chi connectivity index (χ4n) is 3.70. The van der Waals surface area contributed by atoms with Crippen LogP contribution in [0.4, 0.5) is 5.69 Å². The van der Waals surface area contributed by atoms with Crippen LogP contribution in [0.3, 0.4) is 0 Å². The number of nitrogens with zero attached hydrogens (tertiary/aromatic N) is 4. The zero-order valence-electron chi connectivity index (χ0n) is 13.2. The summed E-state index contributed by atoms with van der Waals surface area (Å²) >= 11 is 0. The number of aromatic amines is 1. The van der Waals surface area contributed by atoms with E-state index in [0.29, 0.717) is 17.8 Å². The lowest BCUT2D eigenvalue weighted by atomic mass is 10.1. The Kier molecular flexibility index (Phi) is 2.91. The Labute approximate surface area is 129 Å². The molecule has 2 saturated heterocycles. The lowest BCUT2D eigenvalue weighted by Crippen LogP contribution is -2.47. The van der Waals surface area contributed by atoms with Crippen molar-refractivity contribution in [3.8, 4) is 0 Å². The maximum Gasteiger partial charge on any atom is 0.275 e. The second-order valence-corrected chi connectivity index (χ2v) is 6.64. The van der Waals surface area contributed by atoms with E-state index < -0.39 is 0 Å². The molecular formula is C16H21N5O. The van der Waals surface area contributed by atoms with E-state index in [2.05, 4.69) is 22.1 Å². The van der Waals surface area contributed by atoms with Crippen LogP contribution < -0.4 is 4.90 Å². The first-order valence-corrected chi connectivity index (χ1v) is 7.71. The fourth-order valence-corrected chi connectivity index (χ4v) is 3.70. The number of likely N-dealkylation sites (tertiary alicyclic amines) is 2. The number of nitrogens with one attached hydrogen (secondary N) is 1. The zero-order chi connectivity index (χ0) is 15.4. The monoisotopic (exact) mass is 299 g/mol. The third-order valence-electron chi connectivity index (χ3n) is 5.04. The molecule has 1 aromatic heterocycles. The minimum atomic E-state index is 0.0597. The molecule has 2 aliphatic rings. The van der Waals surface area contributed by atoms with Crippen molar-refractivity contribution < 1.29 is 4.79 Å². The Bertz CT molecular complexity index is 735. The molecule has 2 aliphatic heterocycles. The highest BCUT2D eigenvalue weighted by atomic mass is 16.2. The summed E-state index contributed by atoms with van der Waals surface area (Å²) in [6, 6.07) is 6.90. The second kappa shape index (κ2) is 4.71. The number of amides is 1. The Morgan fingerprint density at radius 2 is 2.14 bits per heavy atom. The van der Waals surface area contributed by atoms with Gasteiger partial charge in [-0.25, -0.2) is 0 Å². The molecule has 0 spiro atoms. The van der Waals surface area contributed by atoms with Crippen molar-refractivity contribution >= 4 is 22.5 Å². The van der Waals surface area contributed by atoms with E-state index in [4.69, 9.17) is 0 Å². The predicted octanol–water partition coefficient (Wildman–Crippen LogP) is 1.16. The fraction of sp³-hybridized carbons (Fsp3) is 0.500. The molecule has 2 fully saturated rings. The van der Waals surface area contributed by atoms with Crippen LogP contribution in [-0.4, -0.2) is 72.2 Å². The summed E-state index contributed by atoms with van der Waals surface area (Å²) in [5, 5.41) is 8.21. The Hall–Kier alpha value is -2.08. The van der Waals surface area contributed by atoms with Gasteiger partial charge >= 0.3 is 0 Å². The summed E-state index contributed by atoms with van der Waals surface area (Å²) in [6.45, 7) is 1.80. The molecule has 3 heterocycles. The first-order chi connectivity index (χ1) is 10.5. The summed E-state index contributed by atoms with van der Waals surface area (Å²) in [7, 11) is 6.14. The van der Waals surface area contributed by atoms with Crippen LogP contribution >= 0.6 is 0 Å². The number of hydrogen-bond acceptors (Lipinski definition) is 4. The molecule has 1 amide bonds. The summed E-state index contributed by atoms with van der Waals surface area (Å²) in [6.07, 6.45) is 1.09. The number of rotatable bonds is 2. The number of likely N-dealkylation sites (N-methyl/N-ethyl adjacent to an activating group) is 1. The molecule has 1 aromatic carbocycles. The van der Waals surface area contributed by atoms with Gasteiger partial charge in [-0.2, -0.15) is 5.10 Å². The summed E-state index contributed by atoms with van der Waals surface area (Å²) in [5.41, 5.74) is 2.56. The van der Waals surface area contributed by atoms with Crippen molar-refractivity contribution in [2.24, 2.45) is 0 Å². The normalized spacial score (nSPS) is 24.4. The highest BCUT2D eigenvalue weighted by Gasteiger charge is 2.44. The minimum Gasteiger partial charge on any atom is -0.378 e. The molecule has 6 heteroatoms. The van der Waals surface area contributed by atoms with E-state index in [-0.39, 0.29) is 5.91 Å². The van der Waals surface area contributed by atoms with Crippen LogP contribution in [0.5, 0.6) is 0 Å². The molecule has 2 atom stereocenters. The van der Waals surface area contributed by atoms with E-state index in [1.807, 2.05) is 42.1 Å². The van der Waals surface area contributed by atoms with Gasteiger partial charge in [-0.3, -0.25) is 14.8 Å². The minimum absolute atomic E-state index is 0.0597. The molecule has 116 valence electrons. The number of aromatic nitrogens is 2. The van der Waals surface area contributed by atoms with E-state index in [9.17, 15) is 4.79 Å². The standard InChI is InChI=1S/C16H21N5O/c1-19(2)10-4-5-13-14(7-10)17-18-15(13)16(22)21-9-11-6-12(21)8-20(11)3/h4-5,7,11-12H,6,8-9H2,1-3H3,(H,17,18)/t11-,12-/m0/s1. The molecule has 0 aliphatic carbocycles. The molecule has 2 aromatic rings. The van der Waals surface area contributed by atoms with Crippen LogP contribution in [0, 0.1) is 0 Å². The van der Waals surface area contributed by atoms with E-state index in [0.717, 1.165) is 36.1 Å². The third kappa shape index (κ3) is 1.90. The van der Waals surface area contributed by atoms with Gasteiger partial charge < -0.3 is 9.80 Å². The maximum atomic E-state index is 12.9. The molecule has 6 nitrogen and oxygen atoms in total. The molecule has 22 heavy (non-hydrogen) atoms. The molecular weight excluding hydrogens is 278 g/mol. The van der Waals surface area contributed by atoms with Crippen LogP contribution in [0.15, 0.2) is 18.2 Å². The van der Waals surface area contributed by atoms with Crippen molar-refractivity contribution in [1.29, 1.82) is 0 Å². The van der Waals surface area contributed by atoms with Gasteiger partial charge in [0, 0.05) is 50.3 Å². The Morgan fingerprint density at radius 1 is 1.32 bits per heavy atom. The molecule has 0 unspecified atom stereocenters. The van der Waals surface area contributed by atoms with Gasteiger partial charge in [0.2, 0.25) is 0 Å². The summed E-state index contributed by atoms with van der Waals surface area (Å²) in [4.78, 5) is 19.2. The van der Waals surface area contributed by atoms with E-state index >= 15 is 0 Å². The van der Waals surface area contributed by atoms with E-state index in [1.165, 1.54) is 0 Å². The molecule has 2 bridgehead atoms. The first kappa shape index (κ1) is 13.6. The topological polar surface area (TPSA) is 55.5 Å². The lowest BCUT2D eigenvalue weighted by molar-refractivity contribution is 0.0646. The Balaban J connectivity index is 1.66. The van der Waals surface area contributed by atoms with Crippen molar-refractivity contribution in [3.05, 3.63) is 23.9 Å². The highest BCUT2D eigenvalue weighted by Crippen LogP contribution is 2.31. The number of carbonyl (C=O) groups is 1. The van der Waals surface area contributed by atoms with Gasteiger partial charge in [-0.15, -0.1) is 0 Å². The number of fused-ring (bicyclic) bond motifs is 3. The van der Waals surface area contributed by atoms with Crippen LogP contribution in [0.2, 0.25) is 0 Å². The molecule has 0 radical (unpaired) electrons. The smallest absolute Gasteiger partial charge is 0.275 e. The van der Waals surface area contributed by atoms with Crippen LogP contribution in [0.1, 0.15) is 16.9 Å². The predicted molar refractivity (Wildman–Crippen MR) is 86.3 cm³/mol. The molecule has 4 rings (SSSR count). The van der Waals surface area contributed by atoms with Gasteiger partial charge in [0.05, 0.1) is 5.52 Å². The van der Waals surface area contributed by atoms with Crippen LogP contribution in [0.25, 0.3) is 10.9 Å². The Morgan fingerprint density at radius 3 is 2.77 bits per heavy atom. The van der Waals surface area contributed by atoms with Crippen molar-refractivity contribution in [1.82, 2.24) is 20.0 Å². The van der Waals surface area contributed by atoms with E-state index in [1.54, 1.807) is 0 Å². The van der Waals surface area contributed by atoms with Gasteiger partial charge in [0.15, 0.2) is 5.69 Å². The first-order valence-electron chi connectivity index (χ1n) is 7.71. The van der Waals surface area contributed by atoms with Gasteiger partial charge in [0.25, 0.3) is 5.91 Å². The summed E-state index contributed by atoms with van der Waals surface area (Å²) in [5.74, 6) is 0.0597. The number of benzene rings is 1. The number of H-pyrrole nitrogens is 1. The van der Waals surface area contributed by atoms with Crippen LogP contribution in [-0.2, 0) is 0 Å². The molecule has 1 N–H and O–H groups in total. The zero-order valence-corrected chi connectivity index (χ0v) is 13.2. The summed E-state index contributed by atoms with van der Waals surface area (Å²) < 4.78 is 0. The lowest BCUT2D eigenvalue weighted by Gasteiger charge is -2.31. The number of piperazine rings is 1. The SMILES string of the molecule is CN(C)c1ccc2c(C(=O)N3C[C@@H]4C[C@H]3CN4C)n[nH]c2c1. The number of hydrogen-bond donors (Lipinski definition) is 1. The maximum absolute atomic E-state index is 12.9. The van der Waals surface area contributed by atoms with Crippen molar-refractivity contribution in [2.75, 3.05) is 39.1 Å². The number of carbonyl (C=O) groups excluding carboxylic acids is 1. The van der Waals surface area contributed by atoms with Gasteiger partial charge in [-0.1, -0.05) is 0 Å². The van der Waals surface area contributed by atoms with Crippen molar-refractivity contribution in [3.63, 3.8) is 0 Å². The quantitative estimate of drug-likeness (QED) is 0.904. The van der Waals surface area contributed by atoms with Gasteiger partial charge in [-0.05, 0) is 31.7 Å². The third-order valence-corrected chi connectivity index (χ3v) is 5.04. The second-order valence-electron chi connectivity index (χ2n) is 6.64. The van der Waals surface area contributed by atoms with Crippen molar-refractivity contribution in [2.45, 2.75) is 18.5 Å². The largest absolute Gasteiger partial charge is 0.378 e. The molecule has 0 saturated carbocycles. The average molecular weight is 299 g/mol. The average Bonchev–Trinajstić information content (AvgIpc) is 3.18. The number of anilines is 1. The highest BCUT2D eigenvalue weighted by molar-refractivity contribution is 6.05. The van der Waals surface area contributed by atoms with Gasteiger partial charge in [0.1, 0.15) is 0 Å².